The van der Waals surface area contributed by atoms with Gasteiger partial charge >= 0.3 is 0 Å². The van der Waals surface area contributed by atoms with Crippen LogP contribution >= 0.6 is 22.9 Å². The molecule has 0 aliphatic rings. The summed E-state index contributed by atoms with van der Waals surface area (Å²) < 4.78 is 2.04. The van der Waals surface area contributed by atoms with Crippen molar-refractivity contribution in [3.8, 4) is 11.8 Å². The summed E-state index contributed by atoms with van der Waals surface area (Å²) >= 11 is 7.37. The summed E-state index contributed by atoms with van der Waals surface area (Å²) in [5.41, 5.74) is 2.19. The molecule has 0 atom stereocenters. The maximum Gasteiger partial charge on any atom is 0.273 e. The quantitative estimate of drug-likeness (QED) is 0.488. The Morgan fingerprint density at radius 1 is 1.03 bits per heavy atom. The van der Waals surface area contributed by atoms with Crippen LogP contribution in [0.25, 0.3) is 17.3 Å². The topological polar surface area (TPSA) is 74.9 Å². The molecule has 1 N–H and O–H groups in total. The van der Waals surface area contributed by atoms with E-state index in [1.807, 2.05) is 43.3 Å². The van der Waals surface area contributed by atoms with E-state index >= 15 is 0 Å². The van der Waals surface area contributed by atoms with Crippen molar-refractivity contribution < 1.29 is 4.79 Å². The Morgan fingerprint density at radius 2 is 1.70 bits per heavy atom. The minimum absolute atomic E-state index is 0.150. The van der Waals surface area contributed by atoms with Gasteiger partial charge in [0, 0.05) is 10.7 Å². The van der Waals surface area contributed by atoms with Crippen molar-refractivity contribution in [3.05, 3.63) is 115 Å². The van der Waals surface area contributed by atoms with Crippen LogP contribution in [-0.2, 0) is 4.79 Å². The second kappa shape index (κ2) is 9.70. The van der Waals surface area contributed by atoms with Gasteiger partial charge < -0.3 is 5.32 Å². The van der Waals surface area contributed by atoms with Gasteiger partial charge in [-0.1, -0.05) is 66.2 Å². The number of para-hydroxylation sites is 2. The van der Waals surface area contributed by atoms with Crippen molar-refractivity contribution in [1.82, 2.24) is 4.57 Å². The molecule has 0 aliphatic heterocycles. The molecule has 33 heavy (non-hydrogen) atoms. The van der Waals surface area contributed by atoms with Crippen molar-refractivity contribution in [2.45, 2.75) is 6.92 Å². The van der Waals surface area contributed by atoms with Crippen LogP contribution in [0.2, 0.25) is 5.02 Å². The number of nitrogens with one attached hydrogen (secondary N) is 1. The molecule has 3 aromatic carbocycles. The van der Waals surface area contributed by atoms with Gasteiger partial charge in [0.05, 0.1) is 10.2 Å². The molecule has 4 aromatic rings. The van der Waals surface area contributed by atoms with Gasteiger partial charge in [-0.05, 0) is 48.4 Å². The average Bonchev–Trinajstić information content (AvgIpc) is 3.12. The number of nitriles is 1. The van der Waals surface area contributed by atoms with Crippen LogP contribution in [0.3, 0.4) is 0 Å². The third-order valence-electron chi connectivity index (χ3n) is 4.96. The third-order valence-corrected chi connectivity index (χ3v) is 6.39. The summed E-state index contributed by atoms with van der Waals surface area (Å²) in [5.74, 6) is -0.587. The lowest BCUT2D eigenvalue weighted by atomic mass is 10.2. The van der Waals surface area contributed by atoms with Crippen molar-refractivity contribution in [1.29, 1.82) is 5.26 Å². The molecule has 162 valence electrons. The van der Waals surface area contributed by atoms with Crippen molar-refractivity contribution in [3.63, 3.8) is 0 Å². The van der Waals surface area contributed by atoms with Crippen LogP contribution < -0.4 is 20.1 Å². The number of benzene rings is 3. The fourth-order valence-corrected chi connectivity index (χ4v) is 4.60. The standard InChI is InChI=1S/C26H18ClN3O2S/c1-17-9-5-8-14-22(17)30-25(32)23(15-18-10-6-7-13-21(18)27)33-26(30)20(16-28)24(31)29-19-11-3-2-4-12-19/h2-15H,1H3,(H,29,31)/b23-15+,26-20-. The van der Waals surface area contributed by atoms with Crippen molar-refractivity contribution in [2.75, 3.05) is 5.32 Å². The van der Waals surface area contributed by atoms with Gasteiger partial charge in [-0.15, -0.1) is 11.3 Å². The van der Waals surface area contributed by atoms with Crippen LogP contribution in [0.4, 0.5) is 5.69 Å². The highest BCUT2D eigenvalue weighted by Crippen LogP contribution is 2.16. The predicted molar refractivity (Wildman–Crippen MR) is 133 cm³/mol. The summed E-state index contributed by atoms with van der Waals surface area (Å²) in [6.07, 6.45) is 1.68. The predicted octanol–water partition coefficient (Wildman–Crippen LogP) is 4.00. The van der Waals surface area contributed by atoms with Crippen LogP contribution in [-0.4, -0.2) is 10.5 Å². The zero-order valence-corrected chi connectivity index (χ0v) is 19.2. The summed E-state index contributed by atoms with van der Waals surface area (Å²) in [6.45, 7) is 1.87. The maximum absolute atomic E-state index is 13.5. The molecule has 0 saturated carbocycles. The van der Waals surface area contributed by atoms with E-state index < -0.39 is 5.91 Å². The lowest BCUT2D eigenvalue weighted by Crippen LogP contribution is -2.32. The molecule has 0 saturated heterocycles. The third kappa shape index (κ3) is 4.65. The summed E-state index contributed by atoms with van der Waals surface area (Å²) in [6, 6.07) is 25.4. The van der Waals surface area contributed by atoms with Gasteiger partial charge in [0.25, 0.3) is 11.5 Å². The Kier molecular flexibility index (Phi) is 6.55. The Bertz CT molecular complexity index is 1560. The first-order valence-electron chi connectivity index (χ1n) is 10.0. The highest BCUT2D eigenvalue weighted by atomic mass is 35.5. The van der Waals surface area contributed by atoms with E-state index in [2.05, 4.69) is 5.32 Å². The van der Waals surface area contributed by atoms with Gasteiger partial charge in [0.1, 0.15) is 10.7 Å². The molecule has 1 amide bonds. The number of aryl methyl sites for hydroxylation is 1. The van der Waals surface area contributed by atoms with E-state index in [1.54, 1.807) is 54.6 Å². The Balaban J connectivity index is 2.01. The molecule has 0 unspecified atom stereocenters. The lowest BCUT2D eigenvalue weighted by Gasteiger charge is -2.08. The summed E-state index contributed by atoms with van der Waals surface area (Å²) in [5, 5.41) is 13.1. The van der Waals surface area contributed by atoms with E-state index in [1.165, 1.54) is 4.57 Å². The lowest BCUT2D eigenvalue weighted by molar-refractivity contribution is -0.111. The number of nitrogens with zero attached hydrogens (tertiary/aromatic N) is 2. The van der Waals surface area contributed by atoms with Crippen LogP contribution in [0.15, 0.2) is 83.7 Å². The maximum atomic E-state index is 13.5. The zero-order valence-electron chi connectivity index (χ0n) is 17.6. The number of hydrogen-bond donors (Lipinski definition) is 1. The number of thiazole rings is 1. The van der Waals surface area contributed by atoms with Crippen molar-refractivity contribution >= 4 is 46.2 Å². The second-order valence-corrected chi connectivity index (χ2v) is 8.61. The average molecular weight is 472 g/mol. The van der Waals surface area contributed by atoms with Crippen LogP contribution in [0.1, 0.15) is 11.1 Å². The fraction of sp³-hybridized carbons (Fsp3) is 0.0385. The first-order chi connectivity index (χ1) is 16.0. The van der Waals surface area contributed by atoms with Gasteiger partial charge in [0.15, 0.2) is 5.57 Å². The Labute approximate surface area is 199 Å². The van der Waals surface area contributed by atoms with Gasteiger partial charge in [0.2, 0.25) is 0 Å². The van der Waals surface area contributed by atoms with E-state index in [9.17, 15) is 14.9 Å². The number of aromatic nitrogens is 1. The summed E-state index contributed by atoms with van der Waals surface area (Å²) in [7, 11) is 0. The minimum Gasteiger partial charge on any atom is -0.321 e. The number of anilines is 1. The number of amides is 1. The molecule has 5 nitrogen and oxygen atoms in total. The molecule has 0 fully saturated rings. The normalized spacial score (nSPS) is 12.2. The van der Waals surface area contributed by atoms with Crippen LogP contribution in [0.5, 0.6) is 0 Å². The molecule has 0 spiro atoms. The van der Waals surface area contributed by atoms with Gasteiger partial charge in [-0.2, -0.15) is 5.26 Å². The highest BCUT2D eigenvalue weighted by Gasteiger charge is 2.18. The van der Waals surface area contributed by atoms with E-state index in [-0.39, 0.29) is 15.8 Å². The number of rotatable bonds is 4. The van der Waals surface area contributed by atoms with Gasteiger partial charge in [-0.25, -0.2) is 0 Å². The van der Waals surface area contributed by atoms with Crippen LogP contribution in [0, 0.1) is 18.3 Å². The van der Waals surface area contributed by atoms with Crippen molar-refractivity contribution in [2.24, 2.45) is 0 Å². The monoisotopic (exact) mass is 471 g/mol. The largest absolute Gasteiger partial charge is 0.321 e. The number of carbonyl (C=O) groups is 1. The second-order valence-electron chi connectivity index (χ2n) is 7.17. The van der Waals surface area contributed by atoms with E-state index in [0.717, 1.165) is 16.9 Å². The zero-order chi connectivity index (χ0) is 23.4. The molecule has 7 heteroatoms. The minimum atomic E-state index is -0.587. The molecule has 0 radical (unpaired) electrons. The molecule has 4 rings (SSSR count). The Morgan fingerprint density at radius 3 is 2.39 bits per heavy atom. The number of carbonyl (C=O) groups excluding carboxylic acids is 1. The number of halogens is 1. The van der Waals surface area contributed by atoms with Gasteiger partial charge in [-0.3, -0.25) is 14.2 Å². The summed E-state index contributed by atoms with van der Waals surface area (Å²) in [4.78, 5) is 26.5. The van der Waals surface area contributed by atoms with E-state index in [0.29, 0.717) is 26.5 Å². The molecule has 1 heterocycles. The first kappa shape index (κ1) is 22.3. The molecule has 0 bridgehead atoms. The smallest absolute Gasteiger partial charge is 0.273 e. The van der Waals surface area contributed by atoms with E-state index in [4.69, 9.17) is 11.6 Å². The molecular weight excluding hydrogens is 454 g/mol. The SMILES string of the molecule is Cc1ccccc1-n1c(=O)/c(=C\c2ccccc2Cl)s/c1=C(/C#N)C(=O)Nc1ccccc1. The fourth-order valence-electron chi connectivity index (χ4n) is 3.33. The first-order valence-corrected chi connectivity index (χ1v) is 11.2. The Hall–Kier alpha value is -3.92. The molecule has 1 aromatic heterocycles. The highest BCUT2D eigenvalue weighted by molar-refractivity contribution is 7.07. The molecular formula is C26H18ClN3O2S. The number of hydrogen-bond acceptors (Lipinski definition) is 4. The molecule has 0 aliphatic carbocycles.